The van der Waals surface area contributed by atoms with E-state index in [-0.39, 0.29) is 5.82 Å². The minimum absolute atomic E-state index is 0.179. The van der Waals surface area contributed by atoms with E-state index in [2.05, 4.69) is 64.3 Å². The van der Waals surface area contributed by atoms with Gasteiger partial charge in [0.15, 0.2) is 0 Å². The van der Waals surface area contributed by atoms with Crippen LogP contribution in [0.2, 0.25) is 0 Å². The zero-order valence-electron chi connectivity index (χ0n) is 18.1. The van der Waals surface area contributed by atoms with Crippen molar-refractivity contribution >= 4 is 11.6 Å². The second kappa shape index (κ2) is 8.27. The molecule has 0 spiro atoms. The first-order chi connectivity index (χ1) is 15.0. The number of halogens is 1. The fourth-order valence-electron chi connectivity index (χ4n) is 4.71. The molecule has 2 aromatic carbocycles. The summed E-state index contributed by atoms with van der Waals surface area (Å²) >= 11 is 0. The number of hydrogen-bond donors (Lipinski definition) is 1. The van der Waals surface area contributed by atoms with Crippen LogP contribution in [-0.2, 0) is 13.0 Å². The third-order valence-electron chi connectivity index (χ3n) is 6.35. The predicted octanol–water partition coefficient (Wildman–Crippen LogP) is 4.35. The highest BCUT2D eigenvalue weighted by Gasteiger charge is 2.29. The van der Waals surface area contributed by atoms with Crippen LogP contribution in [0.25, 0.3) is 11.3 Å². The van der Waals surface area contributed by atoms with Crippen molar-refractivity contribution in [2.75, 3.05) is 29.9 Å². The van der Waals surface area contributed by atoms with E-state index in [1.165, 1.54) is 5.56 Å². The molecular formula is C25H28FN5. The van der Waals surface area contributed by atoms with Gasteiger partial charge in [0.25, 0.3) is 0 Å². The molecule has 6 rings (SSSR count). The summed E-state index contributed by atoms with van der Waals surface area (Å²) in [6.07, 6.45) is 2.49. The van der Waals surface area contributed by atoms with Crippen molar-refractivity contribution < 1.29 is 4.39 Å². The highest BCUT2D eigenvalue weighted by molar-refractivity contribution is 5.61. The number of anilines is 2. The zero-order valence-corrected chi connectivity index (χ0v) is 18.1. The molecule has 3 aromatic rings. The summed E-state index contributed by atoms with van der Waals surface area (Å²) in [5.74, 6) is 0.417. The van der Waals surface area contributed by atoms with E-state index in [0.717, 1.165) is 42.1 Å². The highest BCUT2D eigenvalue weighted by Crippen LogP contribution is 2.28. The van der Waals surface area contributed by atoms with Crippen LogP contribution in [0.1, 0.15) is 25.0 Å². The average molecular weight is 418 g/mol. The number of rotatable bonds is 0. The van der Waals surface area contributed by atoms with Crippen LogP contribution in [0.15, 0.2) is 54.7 Å². The number of hydrogen-bond acceptors (Lipinski definition) is 5. The molecule has 160 valence electrons. The van der Waals surface area contributed by atoms with E-state index in [9.17, 15) is 4.39 Å². The number of nitrogens with zero attached hydrogens (tertiary/aromatic N) is 4. The summed E-state index contributed by atoms with van der Waals surface area (Å²) in [7, 11) is 0. The van der Waals surface area contributed by atoms with Gasteiger partial charge in [-0.3, -0.25) is 4.90 Å². The number of piperazine rings is 1. The summed E-state index contributed by atoms with van der Waals surface area (Å²) in [5.41, 5.74) is 5.23. The standard InChI is InChI=1S/C25H28FN5/c1-17-15-31-18(2)14-30(17)16-20-4-3-5-21(10-20)24-7-9-28-25(29-24)27-8-6-19-11-22(26)13-23(31)12-19/h3-5,7,9-13,17-18H,6,8,14-16H2,1-2H3,(H,27,28,29)/t17-,18-/m0/s1. The maximum Gasteiger partial charge on any atom is 0.223 e. The first kappa shape index (κ1) is 19.9. The van der Waals surface area contributed by atoms with Crippen molar-refractivity contribution in [2.45, 2.75) is 38.9 Å². The molecule has 1 aromatic heterocycles. The van der Waals surface area contributed by atoms with Gasteiger partial charge in [-0.15, -0.1) is 0 Å². The van der Waals surface area contributed by atoms with Gasteiger partial charge in [-0.1, -0.05) is 18.2 Å². The third-order valence-corrected chi connectivity index (χ3v) is 6.35. The van der Waals surface area contributed by atoms with Crippen LogP contribution in [0.5, 0.6) is 0 Å². The molecule has 0 amide bonds. The smallest absolute Gasteiger partial charge is 0.223 e. The summed E-state index contributed by atoms with van der Waals surface area (Å²) in [6, 6.07) is 16.7. The predicted molar refractivity (Wildman–Crippen MR) is 123 cm³/mol. The van der Waals surface area contributed by atoms with Gasteiger partial charge < -0.3 is 10.2 Å². The van der Waals surface area contributed by atoms with Crippen LogP contribution in [0.4, 0.5) is 16.0 Å². The van der Waals surface area contributed by atoms with Crippen molar-refractivity contribution in [3.8, 4) is 11.3 Å². The van der Waals surface area contributed by atoms with Gasteiger partial charge in [0.05, 0.1) is 5.69 Å². The van der Waals surface area contributed by atoms with E-state index >= 15 is 0 Å². The molecule has 3 aliphatic rings. The molecule has 6 heteroatoms. The molecule has 0 saturated carbocycles. The molecule has 4 heterocycles. The second-order valence-corrected chi connectivity index (χ2v) is 8.74. The van der Waals surface area contributed by atoms with Gasteiger partial charge in [0.2, 0.25) is 5.95 Å². The summed E-state index contributed by atoms with van der Waals surface area (Å²) in [6.45, 7) is 7.85. The van der Waals surface area contributed by atoms with Crippen LogP contribution in [0.3, 0.4) is 0 Å². The monoisotopic (exact) mass is 417 g/mol. The number of fused-ring (bicyclic) bond motifs is 4. The molecule has 1 saturated heterocycles. The van der Waals surface area contributed by atoms with Gasteiger partial charge in [0.1, 0.15) is 5.82 Å². The van der Waals surface area contributed by atoms with E-state index in [1.54, 1.807) is 18.3 Å². The Labute approximate surface area is 182 Å². The lowest BCUT2D eigenvalue weighted by Gasteiger charge is -2.45. The van der Waals surface area contributed by atoms with Crippen molar-refractivity contribution in [1.29, 1.82) is 0 Å². The first-order valence-corrected chi connectivity index (χ1v) is 11.0. The second-order valence-electron chi connectivity index (χ2n) is 8.74. The maximum absolute atomic E-state index is 14.5. The summed E-state index contributed by atoms with van der Waals surface area (Å²) in [4.78, 5) is 13.9. The quantitative estimate of drug-likeness (QED) is 0.589. The lowest BCUT2D eigenvalue weighted by atomic mass is 10.0. The molecule has 3 aliphatic heterocycles. The van der Waals surface area contributed by atoms with Crippen molar-refractivity contribution in [1.82, 2.24) is 14.9 Å². The Hall–Kier alpha value is -2.99. The zero-order chi connectivity index (χ0) is 21.4. The van der Waals surface area contributed by atoms with Crippen LogP contribution in [-0.4, -0.2) is 46.6 Å². The molecule has 0 aliphatic carbocycles. The third kappa shape index (κ3) is 4.26. The Bertz CT molecular complexity index is 1090. The summed E-state index contributed by atoms with van der Waals surface area (Å²) < 4.78 is 14.5. The Morgan fingerprint density at radius 2 is 1.90 bits per heavy atom. The molecule has 5 nitrogen and oxygen atoms in total. The largest absolute Gasteiger partial charge is 0.366 e. The Morgan fingerprint density at radius 3 is 2.81 bits per heavy atom. The molecule has 3 atom stereocenters. The Balaban J connectivity index is 1.55. The Kier molecular flexibility index (Phi) is 5.32. The number of benzene rings is 2. The van der Waals surface area contributed by atoms with Crippen molar-refractivity contribution in [3.05, 3.63) is 71.7 Å². The maximum atomic E-state index is 14.5. The van der Waals surface area contributed by atoms with Gasteiger partial charge in [-0.05, 0) is 61.7 Å². The highest BCUT2D eigenvalue weighted by atomic mass is 19.1. The molecular weight excluding hydrogens is 389 g/mol. The Morgan fingerprint density at radius 1 is 1.00 bits per heavy atom. The van der Waals surface area contributed by atoms with Crippen LogP contribution < -0.4 is 10.2 Å². The van der Waals surface area contributed by atoms with E-state index in [1.807, 2.05) is 6.07 Å². The van der Waals surface area contributed by atoms with Gasteiger partial charge in [0, 0.05) is 55.7 Å². The normalized spacial score (nSPS) is 23.2. The van der Waals surface area contributed by atoms with Gasteiger partial charge in [-0.2, -0.15) is 0 Å². The fraction of sp³-hybridized carbons (Fsp3) is 0.360. The molecule has 1 fully saturated rings. The number of nitrogens with one attached hydrogen (secondary N) is 1. The molecule has 1 N–H and O–H groups in total. The lowest BCUT2D eigenvalue weighted by molar-refractivity contribution is 0.158. The molecule has 8 bridgehead atoms. The van der Waals surface area contributed by atoms with Crippen LogP contribution >= 0.6 is 0 Å². The molecule has 1 unspecified atom stereocenters. The van der Waals surface area contributed by atoms with Gasteiger partial charge in [-0.25, -0.2) is 14.4 Å². The average Bonchev–Trinajstić information content (AvgIpc) is 2.76. The number of aromatic nitrogens is 2. The van der Waals surface area contributed by atoms with Gasteiger partial charge >= 0.3 is 0 Å². The lowest BCUT2D eigenvalue weighted by Crippen LogP contribution is -2.56. The minimum atomic E-state index is -0.179. The van der Waals surface area contributed by atoms with E-state index in [4.69, 9.17) is 4.98 Å². The molecule has 0 radical (unpaired) electrons. The topological polar surface area (TPSA) is 44.3 Å². The molecule has 31 heavy (non-hydrogen) atoms. The fourth-order valence-corrected chi connectivity index (χ4v) is 4.71. The van der Waals surface area contributed by atoms with E-state index in [0.29, 0.717) is 31.0 Å². The minimum Gasteiger partial charge on any atom is -0.366 e. The van der Waals surface area contributed by atoms with E-state index < -0.39 is 0 Å². The van der Waals surface area contributed by atoms with Crippen molar-refractivity contribution in [3.63, 3.8) is 0 Å². The van der Waals surface area contributed by atoms with Crippen molar-refractivity contribution in [2.24, 2.45) is 0 Å². The van der Waals surface area contributed by atoms with Crippen LogP contribution in [0, 0.1) is 5.82 Å². The summed E-state index contributed by atoms with van der Waals surface area (Å²) in [5, 5.41) is 3.30. The SMILES string of the molecule is C[C@H]1CN2c3cc(F)cc(c3)CCNc3nccc(n3)-c3cccc(c3)CN1C[C@@H]2C. The first-order valence-electron chi connectivity index (χ1n) is 11.0.